The summed E-state index contributed by atoms with van der Waals surface area (Å²) in [7, 11) is 0. The SMILES string of the molecule is C=CCSCCNCCOC(F)(F)F. The van der Waals surface area contributed by atoms with Crippen LogP contribution in [0.3, 0.4) is 0 Å². The van der Waals surface area contributed by atoms with Crippen LogP contribution >= 0.6 is 11.8 Å². The van der Waals surface area contributed by atoms with E-state index in [1.165, 1.54) is 0 Å². The molecule has 14 heavy (non-hydrogen) atoms. The Morgan fingerprint density at radius 2 is 2.07 bits per heavy atom. The average molecular weight is 229 g/mol. The van der Waals surface area contributed by atoms with Crippen LogP contribution in [0.25, 0.3) is 0 Å². The third kappa shape index (κ3) is 11.8. The molecular formula is C8H14F3NOS. The second kappa shape index (κ2) is 8.14. The van der Waals surface area contributed by atoms with Gasteiger partial charge >= 0.3 is 6.36 Å². The number of hydrogen-bond acceptors (Lipinski definition) is 3. The van der Waals surface area contributed by atoms with Crippen LogP contribution in [-0.2, 0) is 4.74 Å². The lowest BCUT2D eigenvalue weighted by Gasteiger charge is -2.07. The van der Waals surface area contributed by atoms with Gasteiger partial charge in [-0.15, -0.1) is 19.8 Å². The first-order chi connectivity index (χ1) is 6.56. The zero-order chi connectivity index (χ0) is 10.9. The lowest BCUT2D eigenvalue weighted by molar-refractivity contribution is -0.323. The molecule has 0 fully saturated rings. The lowest BCUT2D eigenvalue weighted by atomic mass is 10.6. The van der Waals surface area contributed by atoms with Crippen molar-refractivity contribution >= 4 is 11.8 Å². The van der Waals surface area contributed by atoms with Gasteiger partial charge in [0.1, 0.15) is 0 Å². The molecule has 0 heterocycles. The summed E-state index contributed by atoms with van der Waals surface area (Å²) in [6.45, 7) is 4.11. The molecule has 1 N–H and O–H groups in total. The molecule has 2 nitrogen and oxygen atoms in total. The average Bonchev–Trinajstić information content (AvgIpc) is 2.08. The molecule has 0 unspecified atom stereocenters. The normalized spacial score (nSPS) is 11.6. The van der Waals surface area contributed by atoms with E-state index in [4.69, 9.17) is 0 Å². The van der Waals surface area contributed by atoms with Gasteiger partial charge in [0.2, 0.25) is 0 Å². The summed E-state index contributed by atoms with van der Waals surface area (Å²) in [6.07, 6.45) is -2.73. The van der Waals surface area contributed by atoms with Gasteiger partial charge in [0.05, 0.1) is 6.61 Å². The summed E-state index contributed by atoms with van der Waals surface area (Å²) in [5, 5.41) is 2.84. The second-order valence-corrected chi connectivity index (χ2v) is 3.56. The summed E-state index contributed by atoms with van der Waals surface area (Å²) < 4.78 is 38.0. The van der Waals surface area contributed by atoms with E-state index < -0.39 is 6.36 Å². The Morgan fingerprint density at radius 3 is 2.64 bits per heavy atom. The monoisotopic (exact) mass is 229 g/mol. The van der Waals surface area contributed by atoms with Crippen molar-refractivity contribution in [1.82, 2.24) is 5.32 Å². The Balaban J connectivity index is 3.03. The van der Waals surface area contributed by atoms with E-state index in [-0.39, 0.29) is 13.2 Å². The van der Waals surface area contributed by atoms with Crippen molar-refractivity contribution in [2.24, 2.45) is 0 Å². The maximum atomic E-state index is 11.5. The molecule has 0 spiro atoms. The molecule has 0 aliphatic heterocycles. The maximum absolute atomic E-state index is 11.5. The van der Waals surface area contributed by atoms with E-state index in [9.17, 15) is 13.2 Å². The van der Waals surface area contributed by atoms with Crippen LogP contribution in [0.15, 0.2) is 12.7 Å². The molecule has 0 bridgehead atoms. The molecule has 0 radical (unpaired) electrons. The fourth-order valence-electron chi connectivity index (χ4n) is 0.675. The number of thioether (sulfide) groups is 1. The summed E-state index contributed by atoms with van der Waals surface area (Å²) in [4.78, 5) is 0. The zero-order valence-electron chi connectivity index (χ0n) is 7.77. The largest absolute Gasteiger partial charge is 0.522 e. The second-order valence-electron chi connectivity index (χ2n) is 2.41. The zero-order valence-corrected chi connectivity index (χ0v) is 8.59. The summed E-state index contributed by atoms with van der Waals surface area (Å²) in [6, 6.07) is 0. The molecule has 0 atom stereocenters. The maximum Gasteiger partial charge on any atom is 0.522 e. The van der Waals surface area contributed by atoms with Crippen molar-refractivity contribution < 1.29 is 17.9 Å². The van der Waals surface area contributed by atoms with Crippen LogP contribution in [0, 0.1) is 0 Å². The molecule has 0 rings (SSSR count). The number of halogens is 3. The fourth-order valence-corrected chi connectivity index (χ4v) is 1.30. The smallest absolute Gasteiger partial charge is 0.314 e. The molecule has 0 aromatic carbocycles. The summed E-state index contributed by atoms with van der Waals surface area (Å²) in [5.41, 5.74) is 0. The minimum Gasteiger partial charge on any atom is -0.314 e. The number of hydrogen-bond donors (Lipinski definition) is 1. The van der Waals surface area contributed by atoms with Crippen molar-refractivity contribution in [3.05, 3.63) is 12.7 Å². The standard InChI is InChI=1S/C8H14F3NOS/c1-2-6-14-7-4-12-3-5-13-8(9,10)11/h2,12H,1,3-7H2. The molecule has 0 amide bonds. The predicted molar refractivity (Wildman–Crippen MR) is 52.4 cm³/mol. The van der Waals surface area contributed by atoms with Gasteiger partial charge in [-0.1, -0.05) is 6.08 Å². The molecule has 0 aromatic rings. The predicted octanol–water partition coefficient (Wildman–Crippen LogP) is 2.03. The van der Waals surface area contributed by atoms with Gasteiger partial charge in [-0.3, -0.25) is 4.74 Å². The van der Waals surface area contributed by atoms with Crippen molar-refractivity contribution in [2.75, 3.05) is 31.2 Å². The van der Waals surface area contributed by atoms with E-state index >= 15 is 0 Å². The highest BCUT2D eigenvalue weighted by atomic mass is 32.2. The Hall–Kier alpha value is -0.200. The first-order valence-electron chi connectivity index (χ1n) is 4.16. The summed E-state index contributed by atoms with van der Waals surface area (Å²) >= 11 is 1.67. The Bertz CT molecular complexity index is 152. The Labute approximate surface area is 85.9 Å². The van der Waals surface area contributed by atoms with Gasteiger partial charge in [-0.25, -0.2) is 0 Å². The van der Waals surface area contributed by atoms with E-state index in [0.29, 0.717) is 6.54 Å². The minimum atomic E-state index is -4.51. The number of nitrogens with one attached hydrogen (secondary N) is 1. The molecular weight excluding hydrogens is 215 g/mol. The van der Waals surface area contributed by atoms with Crippen LogP contribution in [0.5, 0.6) is 0 Å². The van der Waals surface area contributed by atoms with Crippen LogP contribution in [-0.4, -0.2) is 37.6 Å². The van der Waals surface area contributed by atoms with Gasteiger partial charge in [0, 0.05) is 24.6 Å². The van der Waals surface area contributed by atoms with E-state index in [0.717, 1.165) is 11.5 Å². The third-order valence-electron chi connectivity index (χ3n) is 1.20. The minimum absolute atomic E-state index is 0.216. The quantitative estimate of drug-likeness (QED) is 0.508. The third-order valence-corrected chi connectivity index (χ3v) is 2.17. The van der Waals surface area contributed by atoms with E-state index in [1.54, 1.807) is 17.8 Å². The van der Waals surface area contributed by atoms with Gasteiger partial charge < -0.3 is 5.32 Å². The number of alkyl halides is 3. The first kappa shape index (κ1) is 13.8. The van der Waals surface area contributed by atoms with Gasteiger partial charge in [-0.2, -0.15) is 11.8 Å². The highest BCUT2D eigenvalue weighted by Crippen LogP contribution is 2.14. The number of rotatable bonds is 8. The van der Waals surface area contributed by atoms with Gasteiger partial charge in [0.15, 0.2) is 0 Å². The number of ether oxygens (including phenoxy) is 1. The van der Waals surface area contributed by atoms with E-state index in [1.807, 2.05) is 0 Å². The van der Waals surface area contributed by atoms with Crippen molar-refractivity contribution in [2.45, 2.75) is 6.36 Å². The highest BCUT2D eigenvalue weighted by molar-refractivity contribution is 7.99. The van der Waals surface area contributed by atoms with Crippen molar-refractivity contribution in [3.8, 4) is 0 Å². The Kier molecular flexibility index (Phi) is 8.02. The molecule has 0 aliphatic rings. The van der Waals surface area contributed by atoms with Crippen LogP contribution < -0.4 is 5.32 Å². The van der Waals surface area contributed by atoms with Crippen LogP contribution in [0.1, 0.15) is 0 Å². The molecule has 6 heteroatoms. The molecule has 84 valence electrons. The molecule has 0 aromatic heterocycles. The molecule has 0 saturated heterocycles. The van der Waals surface area contributed by atoms with Gasteiger partial charge in [0.25, 0.3) is 0 Å². The topological polar surface area (TPSA) is 21.3 Å². The van der Waals surface area contributed by atoms with Crippen LogP contribution in [0.2, 0.25) is 0 Å². The van der Waals surface area contributed by atoms with Crippen molar-refractivity contribution in [3.63, 3.8) is 0 Å². The molecule has 0 aliphatic carbocycles. The molecule has 0 saturated carbocycles. The van der Waals surface area contributed by atoms with E-state index in [2.05, 4.69) is 16.6 Å². The highest BCUT2D eigenvalue weighted by Gasteiger charge is 2.28. The van der Waals surface area contributed by atoms with Gasteiger partial charge in [-0.05, 0) is 0 Å². The lowest BCUT2D eigenvalue weighted by Crippen LogP contribution is -2.25. The Morgan fingerprint density at radius 1 is 1.36 bits per heavy atom. The summed E-state index contributed by atoms with van der Waals surface area (Å²) in [5.74, 6) is 1.72. The first-order valence-corrected chi connectivity index (χ1v) is 5.32. The fraction of sp³-hybridized carbons (Fsp3) is 0.750. The van der Waals surface area contributed by atoms with Crippen LogP contribution in [0.4, 0.5) is 13.2 Å². The van der Waals surface area contributed by atoms with Crippen molar-refractivity contribution in [1.29, 1.82) is 0 Å².